The number of carbonyl (C=O) groups is 1. The molecule has 2 aromatic rings. The molecular weight excluding hydrogens is 404 g/mol. The van der Waals surface area contributed by atoms with Crippen molar-refractivity contribution in [2.45, 2.75) is 11.9 Å². The molecule has 0 bridgehead atoms. The summed E-state index contributed by atoms with van der Waals surface area (Å²) in [5.74, 6) is -0.538. The summed E-state index contributed by atoms with van der Waals surface area (Å²) in [6, 6.07) is 13.5. The van der Waals surface area contributed by atoms with Crippen LogP contribution >= 0.6 is 11.6 Å². The fourth-order valence-electron chi connectivity index (χ4n) is 2.81. The predicted octanol–water partition coefficient (Wildman–Crippen LogP) is 1.46. The minimum absolute atomic E-state index is 0.195. The number of rotatable bonds is 7. The zero-order chi connectivity index (χ0) is 20.1. The maximum absolute atomic E-state index is 12.7. The van der Waals surface area contributed by atoms with Gasteiger partial charge >= 0.3 is 0 Å². The largest absolute Gasteiger partial charge is 0.497 e. The summed E-state index contributed by atoms with van der Waals surface area (Å²) in [5, 5.41) is 2.27. The van der Waals surface area contributed by atoms with E-state index in [0.717, 1.165) is 5.56 Å². The lowest BCUT2D eigenvalue weighted by molar-refractivity contribution is -0.124. The molecule has 0 aliphatic carbocycles. The number of sulfonamides is 1. The molecule has 2 unspecified atom stereocenters. The highest BCUT2D eigenvalue weighted by atomic mass is 35.5. The Labute approximate surface area is 168 Å². The van der Waals surface area contributed by atoms with E-state index in [2.05, 4.69) is 20.9 Å². The normalized spacial score (nSPS) is 19.2. The zero-order valence-corrected chi connectivity index (χ0v) is 16.7. The third-order valence-corrected chi connectivity index (χ3v) is 6.22. The maximum Gasteiger partial charge on any atom is 0.250 e. The van der Waals surface area contributed by atoms with Crippen LogP contribution in [0.25, 0.3) is 0 Å². The number of hydrogen-bond donors (Lipinski definition) is 4. The molecule has 0 aromatic heterocycles. The van der Waals surface area contributed by atoms with Crippen molar-refractivity contribution in [2.24, 2.45) is 5.92 Å². The number of carbonyl (C=O) groups excluding carboxylic acids is 1. The van der Waals surface area contributed by atoms with Crippen LogP contribution in [0.3, 0.4) is 0 Å². The fraction of sp³-hybridized carbons (Fsp3) is 0.278. The van der Waals surface area contributed by atoms with Gasteiger partial charge in [0.05, 0.1) is 13.0 Å². The van der Waals surface area contributed by atoms with Crippen molar-refractivity contribution in [1.29, 1.82) is 0 Å². The SMILES string of the molecule is COc1ccc(NS(=O)(=O)C2NNCC2C(=O)NCc2ccc(Cl)cc2)cc1. The number of anilines is 1. The van der Waals surface area contributed by atoms with Crippen LogP contribution in [-0.2, 0) is 21.4 Å². The number of amides is 1. The molecule has 1 fully saturated rings. The number of halogens is 1. The van der Waals surface area contributed by atoms with Crippen molar-refractivity contribution in [3.63, 3.8) is 0 Å². The van der Waals surface area contributed by atoms with E-state index in [-0.39, 0.29) is 19.0 Å². The molecule has 1 saturated heterocycles. The van der Waals surface area contributed by atoms with Crippen molar-refractivity contribution < 1.29 is 17.9 Å². The van der Waals surface area contributed by atoms with Gasteiger partial charge in [-0.3, -0.25) is 14.9 Å². The van der Waals surface area contributed by atoms with E-state index in [1.165, 1.54) is 7.11 Å². The van der Waals surface area contributed by atoms with Crippen LogP contribution in [0.5, 0.6) is 5.75 Å². The minimum atomic E-state index is -3.86. The number of benzene rings is 2. The zero-order valence-electron chi connectivity index (χ0n) is 15.1. The summed E-state index contributed by atoms with van der Waals surface area (Å²) in [4.78, 5) is 12.6. The Morgan fingerprint density at radius 2 is 1.86 bits per heavy atom. The van der Waals surface area contributed by atoms with E-state index in [9.17, 15) is 13.2 Å². The van der Waals surface area contributed by atoms with E-state index in [0.29, 0.717) is 16.5 Å². The van der Waals surface area contributed by atoms with Crippen molar-refractivity contribution in [1.82, 2.24) is 16.2 Å². The molecule has 2 atom stereocenters. The molecule has 2 aromatic carbocycles. The van der Waals surface area contributed by atoms with Crippen LogP contribution < -0.4 is 25.6 Å². The van der Waals surface area contributed by atoms with Gasteiger partial charge in [0.1, 0.15) is 5.75 Å². The molecule has 150 valence electrons. The molecule has 0 radical (unpaired) electrons. The summed E-state index contributed by atoms with van der Waals surface area (Å²) in [6.45, 7) is 0.478. The van der Waals surface area contributed by atoms with E-state index < -0.39 is 21.3 Å². The summed E-state index contributed by atoms with van der Waals surface area (Å²) < 4.78 is 33.0. The summed E-state index contributed by atoms with van der Waals surface area (Å²) >= 11 is 5.85. The Hall–Kier alpha value is -2.33. The smallest absolute Gasteiger partial charge is 0.250 e. The van der Waals surface area contributed by atoms with E-state index in [4.69, 9.17) is 16.3 Å². The molecule has 0 spiro atoms. The van der Waals surface area contributed by atoms with Gasteiger partial charge in [-0.2, -0.15) is 0 Å². The van der Waals surface area contributed by atoms with Gasteiger partial charge in [0, 0.05) is 23.8 Å². The monoisotopic (exact) mass is 424 g/mol. The lowest BCUT2D eigenvalue weighted by Crippen LogP contribution is -2.46. The van der Waals surface area contributed by atoms with Gasteiger partial charge in [0.15, 0.2) is 5.37 Å². The van der Waals surface area contributed by atoms with Crippen molar-refractivity contribution >= 4 is 33.2 Å². The van der Waals surface area contributed by atoms with Crippen molar-refractivity contribution in [2.75, 3.05) is 18.4 Å². The molecule has 1 aliphatic rings. The molecule has 28 heavy (non-hydrogen) atoms. The van der Waals surface area contributed by atoms with Crippen molar-refractivity contribution in [3.05, 3.63) is 59.1 Å². The van der Waals surface area contributed by atoms with Crippen LogP contribution in [0.1, 0.15) is 5.56 Å². The van der Waals surface area contributed by atoms with E-state index >= 15 is 0 Å². The van der Waals surface area contributed by atoms with Crippen LogP contribution in [0.15, 0.2) is 48.5 Å². The van der Waals surface area contributed by atoms with Crippen LogP contribution in [0.4, 0.5) is 5.69 Å². The topological polar surface area (TPSA) is 109 Å². The Kier molecular flexibility index (Phi) is 6.40. The highest BCUT2D eigenvalue weighted by Gasteiger charge is 2.41. The quantitative estimate of drug-likeness (QED) is 0.536. The predicted molar refractivity (Wildman–Crippen MR) is 107 cm³/mol. The summed E-state index contributed by atoms with van der Waals surface area (Å²) in [5.41, 5.74) is 6.68. The van der Waals surface area contributed by atoms with Gasteiger partial charge in [-0.25, -0.2) is 13.8 Å². The second-order valence-corrected chi connectivity index (χ2v) is 8.51. The molecule has 4 N–H and O–H groups in total. The fourth-order valence-corrected chi connectivity index (χ4v) is 4.42. The van der Waals surface area contributed by atoms with Crippen molar-refractivity contribution in [3.8, 4) is 5.75 Å². The summed E-state index contributed by atoms with van der Waals surface area (Å²) in [6.07, 6.45) is 0. The van der Waals surface area contributed by atoms with Crippen LogP contribution in [0.2, 0.25) is 5.02 Å². The second-order valence-electron chi connectivity index (χ2n) is 6.27. The van der Waals surface area contributed by atoms with E-state index in [1.807, 2.05) is 0 Å². The van der Waals surface area contributed by atoms with Crippen LogP contribution in [-0.4, -0.2) is 33.4 Å². The number of methoxy groups -OCH3 is 1. The third-order valence-electron chi connectivity index (χ3n) is 4.33. The number of hydrogen-bond acceptors (Lipinski definition) is 6. The molecule has 1 heterocycles. The van der Waals surface area contributed by atoms with Gasteiger partial charge in [0.25, 0.3) is 10.0 Å². The Balaban J connectivity index is 1.64. The second kappa shape index (κ2) is 8.78. The van der Waals surface area contributed by atoms with E-state index in [1.54, 1.807) is 48.5 Å². The average molecular weight is 425 g/mol. The Morgan fingerprint density at radius 3 is 2.50 bits per heavy atom. The molecule has 3 rings (SSSR count). The summed E-state index contributed by atoms with van der Waals surface area (Å²) in [7, 11) is -2.33. The number of nitrogens with one attached hydrogen (secondary N) is 4. The molecule has 8 nitrogen and oxygen atoms in total. The molecule has 1 amide bonds. The first kappa shape index (κ1) is 20.4. The molecular formula is C18H21ClN4O4S. The van der Waals surface area contributed by atoms with Gasteiger partial charge in [-0.15, -0.1) is 0 Å². The van der Waals surface area contributed by atoms with Crippen LogP contribution in [0, 0.1) is 5.92 Å². The number of ether oxygens (including phenoxy) is 1. The van der Waals surface area contributed by atoms with Gasteiger partial charge in [-0.05, 0) is 42.0 Å². The highest BCUT2D eigenvalue weighted by Crippen LogP contribution is 2.21. The molecule has 1 aliphatic heterocycles. The first-order chi connectivity index (χ1) is 13.4. The number of hydrazine groups is 1. The lowest BCUT2D eigenvalue weighted by atomic mass is 10.1. The molecule has 0 saturated carbocycles. The Bertz CT molecular complexity index is 920. The standard InChI is InChI=1S/C18H21ClN4O4S/c1-27-15-8-6-14(7-9-15)23-28(25,26)18-16(11-21-22-18)17(24)20-10-12-2-4-13(19)5-3-12/h2-9,16,18,21-23H,10-11H2,1H3,(H,20,24). The lowest BCUT2D eigenvalue weighted by Gasteiger charge is -2.19. The van der Waals surface area contributed by atoms with Gasteiger partial charge in [0.2, 0.25) is 5.91 Å². The van der Waals surface area contributed by atoms with Gasteiger partial charge in [-0.1, -0.05) is 23.7 Å². The molecule has 10 heteroatoms. The highest BCUT2D eigenvalue weighted by molar-refractivity contribution is 7.93. The average Bonchev–Trinajstić information content (AvgIpc) is 3.19. The first-order valence-electron chi connectivity index (χ1n) is 8.55. The minimum Gasteiger partial charge on any atom is -0.497 e. The Morgan fingerprint density at radius 1 is 1.18 bits per heavy atom. The van der Waals surface area contributed by atoms with Gasteiger partial charge < -0.3 is 10.1 Å². The maximum atomic E-state index is 12.7. The third kappa shape index (κ3) is 4.93. The first-order valence-corrected chi connectivity index (χ1v) is 10.5.